The van der Waals surface area contributed by atoms with Gasteiger partial charge in [0.25, 0.3) is 0 Å². The van der Waals surface area contributed by atoms with E-state index < -0.39 is 6.10 Å². The topological polar surface area (TPSA) is 46.9 Å². The van der Waals surface area contributed by atoms with Crippen LogP contribution in [-0.4, -0.2) is 55.0 Å². The van der Waals surface area contributed by atoms with Crippen LogP contribution in [0.2, 0.25) is 0 Å². The molecule has 4 nitrogen and oxygen atoms in total. The van der Waals surface area contributed by atoms with Crippen LogP contribution in [0.1, 0.15) is 11.1 Å². The molecule has 0 radical (unpaired) electrons. The molecule has 4 heteroatoms. The van der Waals surface area contributed by atoms with E-state index in [2.05, 4.69) is 28.0 Å². The lowest BCUT2D eigenvalue weighted by Crippen LogP contribution is -2.38. The molecule has 0 aromatic heterocycles. The van der Waals surface area contributed by atoms with Gasteiger partial charge in [-0.1, -0.05) is 6.07 Å². The minimum absolute atomic E-state index is 0.166. The van der Waals surface area contributed by atoms with Gasteiger partial charge < -0.3 is 15.1 Å². The second-order valence-corrected chi connectivity index (χ2v) is 5.17. The Morgan fingerprint density at radius 3 is 2.78 bits per heavy atom. The van der Waals surface area contributed by atoms with E-state index in [1.54, 1.807) is 0 Å². The molecule has 2 N–H and O–H groups in total. The Bertz CT molecular complexity index is 407. The summed E-state index contributed by atoms with van der Waals surface area (Å²) >= 11 is 0. The molecule has 0 spiro atoms. The zero-order valence-corrected chi connectivity index (χ0v) is 11.1. The van der Waals surface area contributed by atoms with Crippen LogP contribution < -0.4 is 4.90 Å². The number of anilines is 1. The first kappa shape index (κ1) is 13.3. The van der Waals surface area contributed by atoms with E-state index in [1.165, 1.54) is 16.8 Å². The molecule has 1 aliphatic rings. The largest absolute Gasteiger partial charge is 0.394 e. The van der Waals surface area contributed by atoms with E-state index in [4.69, 9.17) is 5.11 Å². The number of hydrogen-bond acceptors (Lipinski definition) is 4. The van der Waals surface area contributed by atoms with Crippen molar-refractivity contribution in [2.45, 2.75) is 19.1 Å². The standard InChI is InChI=1S/C14H22N2O2/c1-15(2)13-4-3-11-5-6-16(8-12(11)7-13)9-14(18)10-17/h3-4,7,14,17-18H,5-6,8-10H2,1-2H3. The van der Waals surface area contributed by atoms with Crippen LogP contribution in [0, 0.1) is 0 Å². The van der Waals surface area contributed by atoms with Gasteiger partial charge in [-0.25, -0.2) is 0 Å². The van der Waals surface area contributed by atoms with Gasteiger partial charge in [-0.3, -0.25) is 4.90 Å². The smallest absolute Gasteiger partial charge is 0.0897 e. The summed E-state index contributed by atoms with van der Waals surface area (Å²) in [6, 6.07) is 6.56. The van der Waals surface area contributed by atoms with Gasteiger partial charge in [-0.2, -0.15) is 0 Å². The number of rotatable bonds is 4. The summed E-state index contributed by atoms with van der Waals surface area (Å²) in [5.74, 6) is 0. The fourth-order valence-corrected chi connectivity index (χ4v) is 2.39. The van der Waals surface area contributed by atoms with Gasteiger partial charge in [0, 0.05) is 39.4 Å². The molecule has 0 saturated heterocycles. The Balaban J connectivity index is 2.09. The second-order valence-electron chi connectivity index (χ2n) is 5.17. The van der Waals surface area contributed by atoms with E-state index in [0.717, 1.165) is 19.5 Å². The highest BCUT2D eigenvalue weighted by atomic mass is 16.3. The SMILES string of the molecule is CN(C)c1ccc2c(c1)CN(CC(O)CO)CC2. The number of aliphatic hydroxyl groups is 2. The summed E-state index contributed by atoms with van der Waals surface area (Å²) in [4.78, 5) is 4.30. The van der Waals surface area contributed by atoms with E-state index in [9.17, 15) is 5.11 Å². The molecule has 0 fully saturated rings. The minimum Gasteiger partial charge on any atom is -0.394 e. The summed E-state index contributed by atoms with van der Waals surface area (Å²) in [5, 5.41) is 18.4. The Morgan fingerprint density at radius 1 is 1.33 bits per heavy atom. The summed E-state index contributed by atoms with van der Waals surface area (Å²) in [6.45, 7) is 2.18. The van der Waals surface area contributed by atoms with Gasteiger partial charge in [0.05, 0.1) is 12.7 Å². The third-order valence-electron chi connectivity index (χ3n) is 3.48. The van der Waals surface area contributed by atoms with E-state index >= 15 is 0 Å². The van der Waals surface area contributed by atoms with Gasteiger partial charge >= 0.3 is 0 Å². The molecule has 2 rings (SSSR count). The van der Waals surface area contributed by atoms with Crippen molar-refractivity contribution in [2.24, 2.45) is 0 Å². The number of benzene rings is 1. The maximum atomic E-state index is 9.50. The Hall–Kier alpha value is -1.10. The number of nitrogens with zero attached hydrogens (tertiary/aromatic N) is 2. The average Bonchev–Trinajstić information content (AvgIpc) is 2.37. The van der Waals surface area contributed by atoms with Crippen molar-refractivity contribution < 1.29 is 10.2 Å². The first-order chi connectivity index (χ1) is 8.60. The van der Waals surface area contributed by atoms with Crippen molar-refractivity contribution in [3.63, 3.8) is 0 Å². The first-order valence-electron chi connectivity index (χ1n) is 6.40. The van der Waals surface area contributed by atoms with E-state index in [-0.39, 0.29) is 6.61 Å². The molecule has 1 atom stereocenters. The van der Waals surface area contributed by atoms with Crippen LogP contribution in [0.3, 0.4) is 0 Å². The fourth-order valence-electron chi connectivity index (χ4n) is 2.39. The summed E-state index contributed by atoms with van der Waals surface area (Å²) < 4.78 is 0. The Morgan fingerprint density at radius 2 is 2.11 bits per heavy atom. The van der Waals surface area contributed by atoms with Crippen molar-refractivity contribution in [1.29, 1.82) is 0 Å². The van der Waals surface area contributed by atoms with E-state index in [0.29, 0.717) is 6.54 Å². The second kappa shape index (κ2) is 5.69. The van der Waals surface area contributed by atoms with Gasteiger partial charge in [0.2, 0.25) is 0 Å². The molecular weight excluding hydrogens is 228 g/mol. The van der Waals surface area contributed by atoms with Crippen molar-refractivity contribution in [1.82, 2.24) is 4.90 Å². The van der Waals surface area contributed by atoms with Gasteiger partial charge in [0.15, 0.2) is 0 Å². The maximum Gasteiger partial charge on any atom is 0.0897 e. The molecule has 1 heterocycles. The lowest BCUT2D eigenvalue weighted by Gasteiger charge is -2.30. The minimum atomic E-state index is -0.636. The van der Waals surface area contributed by atoms with Crippen LogP contribution in [0.25, 0.3) is 0 Å². The summed E-state index contributed by atoms with van der Waals surface area (Å²) in [7, 11) is 4.08. The Kier molecular flexibility index (Phi) is 4.22. The number of hydrogen-bond donors (Lipinski definition) is 2. The quantitative estimate of drug-likeness (QED) is 0.815. The number of aliphatic hydroxyl groups excluding tert-OH is 2. The normalized spacial score (nSPS) is 17.3. The molecule has 1 unspecified atom stereocenters. The summed E-state index contributed by atoms with van der Waals surface area (Å²) in [5.41, 5.74) is 3.94. The molecule has 1 aliphatic heterocycles. The van der Waals surface area contributed by atoms with Crippen LogP contribution >= 0.6 is 0 Å². The molecule has 0 bridgehead atoms. The van der Waals surface area contributed by atoms with Crippen LogP contribution in [0.4, 0.5) is 5.69 Å². The van der Waals surface area contributed by atoms with Gasteiger partial charge in [-0.05, 0) is 29.7 Å². The molecule has 0 aliphatic carbocycles. The molecule has 18 heavy (non-hydrogen) atoms. The third kappa shape index (κ3) is 3.02. The molecule has 1 aromatic rings. The molecular formula is C14H22N2O2. The van der Waals surface area contributed by atoms with Gasteiger partial charge in [0.1, 0.15) is 0 Å². The number of β-amino-alcohol motifs (C(OH)–C–C–N with tert-alkyl or cyclic N) is 1. The molecule has 100 valence electrons. The zero-order valence-electron chi connectivity index (χ0n) is 11.1. The summed E-state index contributed by atoms with van der Waals surface area (Å²) in [6.07, 6.45) is 0.379. The Labute approximate surface area is 108 Å². The fraction of sp³-hybridized carbons (Fsp3) is 0.571. The highest BCUT2D eigenvalue weighted by Crippen LogP contribution is 2.23. The molecule has 0 amide bonds. The lowest BCUT2D eigenvalue weighted by molar-refractivity contribution is 0.0551. The third-order valence-corrected chi connectivity index (χ3v) is 3.48. The number of fused-ring (bicyclic) bond motifs is 1. The van der Waals surface area contributed by atoms with Crippen molar-refractivity contribution >= 4 is 5.69 Å². The maximum absolute atomic E-state index is 9.50. The molecule has 1 aromatic carbocycles. The highest BCUT2D eigenvalue weighted by molar-refractivity contribution is 5.50. The van der Waals surface area contributed by atoms with Crippen LogP contribution in [0.5, 0.6) is 0 Å². The lowest BCUT2D eigenvalue weighted by atomic mass is 9.98. The molecule has 0 saturated carbocycles. The van der Waals surface area contributed by atoms with Crippen molar-refractivity contribution in [2.75, 3.05) is 38.7 Å². The first-order valence-corrected chi connectivity index (χ1v) is 6.40. The van der Waals surface area contributed by atoms with E-state index in [1.807, 2.05) is 14.1 Å². The van der Waals surface area contributed by atoms with Crippen LogP contribution in [-0.2, 0) is 13.0 Å². The van der Waals surface area contributed by atoms with Crippen LogP contribution in [0.15, 0.2) is 18.2 Å². The monoisotopic (exact) mass is 250 g/mol. The highest BCUT2D eigenvalue weighted by Gasteiger charge is 2.18. The van der Waals surface area contributed by atoms with Crippen molar-refractivity contribution in [3.05, 3.63) is 29.3 Å². The van der Waals surface area contributed by atoms with Gasteiger partial charge in [-0.15, -0.1) is 0 Å². The predicted octanol–water partition coefficient (Wildman–Crippen LogP) is 0.464. The predicted molar refractivity (Wildman–Crippen MR) is 72.8 cm³/mol. The zero-order chi connectivity index (χ0) is 13.1. The van der Waals surface area contributed by atoms with Crippen molar-refractivity contribution in [3.8, 4) is 0 Å². The average molecular weight is 250 g/mol.